The van der Waals surface area contributed by atoms with Gasteiger partial charge in [-0.1, -0.05) is 30.3 Å². The van der Waals surface area contributed by atoms with E-state index in [0.717, 1.165) is 41.4 Å². The minimum absolute atomic E-state index is 0.114. The molecule has 0 spiro atoms. The number of hydrogen-bond acceptors (Lipinski definition) is 4. The molecule has 27 heavy (non-hydrogen) atoms. The summed E-state index contributed by atoms with van der Waals surface area (Å²) in [4.78, 5) is 14.8. The molecule has 1 aromatic carbocycles. The first-order chi connectivity index (χ1) is 13.0. The highest BCUT2D eigenvalue weighted by molar-refractivity contribution is 5.81. The summed E-state index contributed by atoms with van der Waals surface area (Å²) in [5, 5.41) is 16.0. The molecular weight excluding hydrogens is 340 g/mol. The van der Waals surface area contributed by atoms with Gasteiger partial charge in [0.1, 0.15) is 11.9 Å². The monoisotopic (exact) mass is 364 g/mol. The molecule has 1 atom stereocenters. The number of rotatable bonds is 5. The van der Waals surface area contributed by atoms with E-state index in [0.29, 0.717) is 13.1 Å². The molecule has 1 amide bonds. The third-order valence-corrected chi connectivity index (χ3v) is 5.32. The van der Waals surface area contributed by atoms with Crippen molar-refractivity contribution in [3.8, 4) is 0 Å². The molecule has 0 saturated heterocycles. The van der Waals surface area contributed by atoms with Crippen LogP contribution in [-0.4, -0.2) is 35.8 Å². The molecule has 7 heteroatoms. The van der Waals surface area contributed by atoms with E-state index >= 15 is 0 Å². The zero-order valence-corrected chi connectivity index (χ0v) is 15.9. The van der Waals surface area contributed by atoms with Gasteiger partial charge in [0, 0.05) is 18.7 Å². The van der Waals surface area contributed by atoms with Crippen molar-refractivity contribution < 1.29 is 4.79 Å². The molecule has 3 heterocycles. The highest BCUT2D eigenvalue weighted by Crippen LogP contribution is 2.25. The van der Waals surface area contributed by atoms with Gasteiger partial charge >= 0.3 is 0 Å². The summed E-state index contributed by atoms with van der Waals surface area (Å²) in [5.74, 6) is 1.84. The van der Waals surface area contributed by atoms with Crippen molar-refractivity contribution in [2.45, 2.75) is 52.7 Å². The Balaban J connectivity index is 1.53. The van der Waals surface area contributed by atoms with Gasteiger partial charge in [0.15, 0.2) is 5.82 Å². The van der Waals surface area contributed by atoms with Crippen LogP contribution < -0.4 is 0 Å². The van der Waals surface area contributed by atoms with Gasteiger partial charge in [-0.2, -0.15) is 5.10 Å². The molecule has 0 saturated carbocycles. The average Bonchev–Trinajstić information content (AvgIpc) is 3.22. The van der Waals surface area contributed by atoms with E-state index in [-0.39, 0.29) is 11.9 Å². The van der Waals surface area contributed by atoms with Gasteiger partial charge < -0.3 is 9.47 Å². The number of carbonyl (C=O) groups excluding carboxylic acids is 1. The van der Waals surface area contributed by atoms with Crippen molar-refractivity contribution in [2.75, 3.05) is 0 Å². The highest BCUT2D eigenvalue weighted by Gasteiger charge is 2.33. The van der Waals surface area contributed by atoms with Gasteiger partial charge in [0.25, 0.3) is 0 Å². The molecule has 0 unspecified atom stereocenters. The summed E-state index contributed by atoms with van der Waals surface area (Å²) >= 11 is 0. The summed E-state index contributed by atoms with van der Waals surface area (Å²) in [7, 11) is 0. The topological polar surface area (TPSA) is 79.7 Å². The fraction of sp³-hybridized carbons (Fsp3) is 0.400. The van der Waals surface area contributed by atoms with Crippen LogP contribution in [-0.2, 0) is 30.7 Å². The number of carbonyl (C=O) groups is 1. The zero-order chi connectivity index (χ0) is 19.0. The van der Waals surface area contributed by atoms with Crippen LogP contribution in [0.2, 0.25) is 0 Å². The van der Waals surface area contributed by atoms with Crippen LogP contribution >= 0.6 is 0 Å². The van der Waals surface area contributed by atoms with E-state index in [1.807, 2.05) is 60.6 Å². The minimum Gasteiger partial charge on any atom is -0.329 e. The summed E-state index contributed by atoms with van der Waals surface area (Å²) in [6, 6.07) is 9.77. The van der Waals surface area contributed by atoms with Crippen LogP contribution in [0.25, 0.3) is 0 Å². The Bertz CT molecular complexity index is 939. The van der Waals surface area contributed by atoms with Crippen molar-refractivity contribution in [1.82, 2.24) is 29.9 Å². The van der Waals surface area contributed by atoms with Gasteiger partial charge in [-0.05, 0) is 38.3 Å². The fourth-order valence-electron chi connectivity index (χ4n) is 3.83. The summed E-state index contributed by atoms with van der Waals surface area (Å²) in [6.45, 7) is 7.06. The first-order valence-electron chi connectivity index (χ1n) is 9.30. The lowest BCUT2D eigenvalue weighted by atomic mass is 10.1. The molecule has 3 aromatic rings. The van der Waals surface area contributed by atoms with Crippen molar-refractivity contribution in [1.29, 1.82) is 0 Å². The molecule has 1 aliphatic heterocycles. The predicted octanol–water partition coefficient (Wildman–Crippen LogP) is 2.51. The molecule has 7 nitrogen and oxygen atoms in total. The van der Waals surface area contributed by atoms with E-state index in [1.165, 1.54) is 5.56 Å². The van der Waals surface area contributed by atoms with Crippen LogP contribution in [0, 0.1) is 13.8 Å². The van der Waals surface area contributed by atoms with E-state index in [4.69, 9.17) is 0 Å². The highest BCUT2D eigenvalue weighted by atomic mass is 16.2. The van der Waals surface area contributed by atoms with Gasteiger partial charge in [-0.15, -0.1) is 10.2 Å². The number of hydrogen-bond donors (Lipinski definition) is 1. The average molecular weight is 364 g/mol. The standard InChI is InChI=1S/C20H24N6O/c1-13-17(14(2)22-21-13)9-10-18-23-24-19-12-25(20(27)15(3)26(18)19)11-16-7-5-4-6-8-16/h4-8,15H,9-12H2,1-3H3,(H,21,22)/t15-/m1/s1. The fourth-order valence-corrected chi connectivity index (χ4v) is 3.83. The Kier molecular flexibility index (Phi) is 4.51. The number of fused-ring (bicyclic) bond motifs is 1. The van der Waals surface area contributed by atoms with Crippen LogP contribution in [0.5, 0.6) is 0 Å². The summed E-state index contributed by atoms with van der Waals surface area (Å²) in [5.41, 5.74) is 4.44. The maximum absolute atomic E-state index is 12.9. The number of aromatic nitrogens is 5. The van der Waals surface area contributed by atoms with E-state index < -0.39 is 0 Å². The first kappa shape index (κ1) is 17.5. The molecule has 2 aromatic heterocycles. The van der Waals surface area contributed by atoms with Crippen molar-refractivity contribution in [3.63, 3.8) is 0 Å². The van der Waals surface area contributed by atoms with Crippen LogP contribution in [0.15, 0.2) is 30.3 Å². The van der Waals surface area contributed by atoms with Gasteiger partial charge in [0.2, 0.25) is 5.91 Å². The van der Waals surface area contributed by atoms with Crippen LogP contribution in [0.4, 0.5) is 0 Å². The molecule has 140 valence electrons. The largest absolute Gasteiger partial charge is 0.329 e. The molecule has 0 bridgehead atoms. The number of amides is 1. The first-order valence-corrected chi connectivity index (χ1v) is 9.30. The second kappa shape index (κ2) is 6.98. The lowest BCUT2D eigenvalue weighted by molar-refractivity contribution is -0.137. The second-order valence-corrected chi connectivity index (χ2v) is 7.17. The van der Waals surface area contributed by atoms with E-state index in [1.54, 1.807) is 0 Å². The molecule has 0 aliphatic carbocycles. The molecular formula is C20H24N6O. The molecule has 0 radical (unpaired) electrons. The van der Waals surface area contributed by atoms with Crippen molar-refractivity contribution >= 4 is 5.91 Å². The minimum atomic E-state index is -0.283. The SMILES string of the molecule is Cc1n[nH]c(C)c1CCc1nnc2n1[C@H](C)C(=O)N(Cc1ccccc1)C2. The Morgan fingerprint density at radius 2 is 1.93 bits per heavy atom. The molecule has 1 aliphatic rings. The maximum atomic E-state index is 12.9. The van der Waals surface area contributed by atoms with Crippen molar-refractivity contribution in [3.05, 3.63) is 64.5 Å². The van der Waals surface area contributed by atoms with E-state index in [2.05, 4.69) is 20.4 Å². The Morgan fingerprint density at radius 1 is 1.15 bits per heavy atom. The Hall–Kier alpha value is -2.96. The summed E-state index contributed by atoms with van der Waals surface area (Å²) < 4.78 is 2.01. The number of H-pyrrole nitrogens is 1. The second-order valence-electron chi connectivity index (χ2n) is 7.17. The lowest BCUT2D eigenvalue weighted by Gasteiger charge is -2.32. The molecule has 1 N–H and O–H groups in total. The zero-order valence-electron chi connectivity index (χ0n) is 15.9. The number of nitrogens with zero attached hydrogens (tertiary/aromatic N) is 5. The van der Waals surface area contributed by atoms with Crippen molar-refractivity contribution in [2.24, 2.45) is 0 Å². The molecule has 0 fully saturated rings. The van der Waals surface area contributed by atoms with Crippen LogP contribution in [0.3, 0.4) is 0 Å². The maximum Gasteiger partial charge on any atom is 0.246 e. The normalized spacial score (nSPS) is 16.6. The van der Waals surface area contributed by atoms with Crippen LogP contribution in [0.1, 0.15) is 47.1 Å². The Morgan fingerprint density at radius 3 is 2.63 bits per heavy atom. The summed E-state index contributed by atoms with van der Waals surface area (Å²) in [6.07, 6.45) is 1.57. The third-order valence-electron chi connectivity index (χ3n) is 5.32. The Labute approximate surface area is 158 Å². The van der Waals surface area contributed by atoms with Gasteiger partial charge in [0.05, 0.1) is 12.2 Å². The predicted molar refractivity (Wildman–Crippen MR) is 101 cm³/mol. The number of nitrogens with one attached hydrogen (secondary N) is 1. The number of aryl methyl sites for hydroxylation is 3. The number of aromatic amines is 1. The molecule has 4 rings (SSSR count). The number of benzene rings is 1. The van der Waals surface area contributed by atoms with Gasteiger partial charge in [-0.25, -0.2) is 0 Å². The van der Waals surface area contributed by atoms with Gasteiger partial charge in [-0.3, -0.25) is 9.89 Å². The van der Waals surface area contributed by atoms with E-state index in [9.17, 15) is 4.79 Å². The quantitative estimate of drug-likeness (QED) is 0.754. The third kappa shape index (κ3) is 3.25. The lowest BCUT2D eigenvalue weighted by Crippen LogP contribution is -2.41. The smallest absolute Gasteiger partial charge is 0.246 e.